The topological polar surface area (TPSA) is 89.1 Å². The van der Waals surface area contributed by atoms with Crippen molar-refractivity contribution in [3.8, 4) is 5.69 Å². The third-order valence-electron chi connectivity index (χ3n) is 5.23. The van der Waals surface area contributed by atoms with Crippen LogP contribution in [0, 0.1) is 0 Å². The molecule has 1 aliphatic rings. The molecule has 146 valence electrons. The maximum Gasteiger partial charge on any atom is 0.241 e. The Labute approximate surface area is 167 Å². The zero-order chi connectivity index (χ0) is 19.6. The average molecular weight is 388 g/mol. The number of carbonyl (C=O) groups is 1. The number of carbonyl (C=O) groups excluding carboxylic acids is 1. The fraction of sp³-hybridized carbons (Fsp3) is 0.238. The van der Waals surface area contributed by atoms with Crippen LogP contribution in [0.5, 0.6) is 0 Å². The van der Waals surface area contributed by atoms with Crippen molar-refractivity contribution in [2.24, 2.45) is 0 Å². The van der Waals surface area contributed by atoms with Crippen LogP contribution in [0.15, 0.2) is 65.3 Å². The van der Waals surface area contributed by atoms with Gasteiger partial charge < -0.3 is 9.73 Å². The number of hydrogen-bond acceptors (Lipinski definition) is 6. The molecule has 0 spiro atoms. The zero-order valence-corrected chi connectivity index (χ0v) is 15.7. The number of fused-ring (bicyclic) bond motifs is 1. The second-order valence-corrected chi connectivity index (χ2v) is 7.17. The van der Waals surface area contributed by atoms with Crippen molar-refractivity contribution in [3.05, 3.63) is 66.7 Å². The van der Waals surface area contributed by atoms with E-state index in [9.17, 15) is 4.79 Å². The smallest absolute Gasteiger partial charge is 0.241 e. The van der Waals surface area contributed by atoms with E-state index >= 15 is 0 Å². The molecule has 0 aliphatic carbocycles. The van der Waals surface area contributed by atoms with E-state index in [1.807, 2.05) is 48.5 Å². The molecule has 2 aromatic carbocycles. The molecule has 0 radical (unpaired) electrons. The van der Waals surface area contributed by atoms with Crippen LogP contribution in [0.4, 0.5) is 5.69 Å². The number of tetrazole rings is 1. The first-order valence-corrected chi connectivity index (χ1v) is 9.62. The molecule has 1 atom stereocenters. The first kappa shape index (κ1) is 17.6. The van der Waals surface area contributed by atoms with Crippen molar-refractivity contribution in [3.63, 3.8) is 0 Å². The maximum absolute atomic E-state index is 13.0. The number of rotatable bonds is 5. The molecule has 5 rings (SSSR count). The average Bonchev–Trinajstić information content (AvgIpc) is 3.48. The molecule has 1 saturated heterocycles. The fourth-order valence-electron chi connectivity index (χ4n) is 3.86. The van der Waals surface area contributed by atoms with Gasteiger partial charge in [-0.15, -0.1) is 5.10 Å². The van der Waals surface area contributed by atoms with E-state index in [-0.39, 0.29) is 11.9 Å². The highest BCUT2D eigenvalue weighted by Crippen LogP contribution is 2.25. The highest BCUT2D eigenvalue weighted by atomic mass is 16.3. The van der Waals surface area contributed by atoms with Crippen molar-refractivity contribution in [1.82, 2.24) is 25.1 Å². The van der Waals surface area contributed by atoms with E-state index in [0.29, 0.717) is 6.54 Å². The summed E-state index contributed by atoms with van der Waals surface area (Å²) in [5, 5.41) is 15.3. The molecule has 2 aromatic heterocycles. The minimum atomic E-state index is -0.181. The van der Waals surface area contributed by atoms with Gasteiger partial charge in [-0.05, 0) is 60.1 Å². The van der Waals surface area contributed by atoms with Crippen LogP contribution in [-0.4, -0.2) is 43.6 Å². The highest BCUT2D eigenvalue weighted by Gasteiger charge is 2.31. The molecular formula is C21H20N6O2. The monoisotopic (exact) mass is 388 g/mol. The highest BCUT2D eigenvalue weighted by molar-refractivity contribution is 5.95. The Morgan fingerprint density at radius 1 is 1.17 bits per heavy atom. The quantitative estimate of drug-likeness (QED) is 0.565. The lowest BCUT2D eigenvalue weighted by atomic mass is 10.2. The Hall–Kier alpha value is -3.52. The van der Waals surface area contributed by atoms with Crippen LogP contribution in [-0.2, 0) is 11.3 Å². The van der Waals surface area contributed by atoms with Crippen LogP contribution in [0.2, 0.25) is 0 Å². The third-order valence-corrected chi connectivity index (χ3v) is 5.23. The van der Waals surface area contributed by atoms with Gasteiger partial charge in [-0.1, -0.05) is 24.3 Å². The van der Waals surface area contributed by atoms with Crippen molar-refractivity contribution >= 4 is 22.6 Å². The van der Waals surface area contributed by atoms with E-state index in [1.165, 1.54) is 6.33 Å². The van der Waals surface area contributed by atoms with Gasteiger partial charge in [0.05, 0.1) is 18.3 Å². The lowest BCUT2D eigenvalue weighted by Gasteiger charge is -2.22. The molecule has 8 nitrogen and oxygen atoms in total. The minimum Gasteiger partial charge on any atom is -0.460 e. The maximum atomic E-state index is 13.0. The second kappa shape index (κ2) is 7.48. The Balaban J connectivity index is 1.29. The molecule has 4 aromatic rings. The first-order chi connectivity index (χ1) is 14.3. The van der Waals surface area contributed by atoms with Crippen molar-refractivity contribution in [2.75, 3.05) is 11.9 Å². The van der Waals surface area contributed by atoms with Crippen molar-refractivity contribution in [2.45, 2.75) is 25.4 Å². The molecule has 1 fully saturated rings. The van der Waals surface area contributed by atoms with E-state index < -0.39 is 0 Å². The lowest BCUT2D eigenvalue weighted by Crippen LogP contribution is -2.39. The van der Waals surface area contributed by atoms with Crippen LogP contribution in [0.1, 0.15) is 18.6 Å². The Morgan fingerprint density at radius 3 is 2.97 bits per heavy atom. The number of nitrogens with zero attached hydrogens (tertiary/aromatic N) is 5. The van der Waals surface area contributed by atoms with E-state index in [1.54, 1.807) is 4.68 Å². The van der Waals surface area contributed by atoms with Crippen LogP contribution < -0.4 is 5.32 Å². The van der Waals surface area contributed by atoms with Crippen LogP contribution in [0.25, 0.3) is 16.7 Å². The molecule has 1 amide bonds. The lowest BCUT2D eigenvalue weighted by molar-refractivity contribution is -0.120. The summed E-state index contributed by atoms with van der Waals surface area (Å²) in [6, 6.07) is 17.3. The fourth-order valence-corrected chi connectivity index (χ4v) is 3.86. The summed E-state index contributed by atoms with van der Waals surface area (Å²) >= 11 is 0. The summed E-state index contributed by atoms with van der Waals surface area (Å²) in [5.74, 6) is 0.874. The predicted molar refractivity (Wildman–Crippen MR) is 107 cm³/mol. The molecule has 0 saturated carbocycles. The number of benzene rings is 2. The van der Waals surface area contributed by atoms with Crippen LogP contribution in [0.3, 0.4) is 0 Å². The van der Waals surface area contributed by atoms with Gasteiger partial charge in [0.25, 0.3) is 0 Å². The molecule has 3 heterocycles. The number of likely N-dealkylation sites (tertiary alicyclic amines) is 1. The Bertz CT molecular complexity index is 1100. The largest absolute Gasteiger partial charge is 0.460 e. The molecule has 29 heavy (non-hydrogen) atoms. The Kier molecular flexibility index (Phi) is 4.53. The zero-order valence-electron chi connectivity index (χ0n) is 15.7. The van der Waals surface area contributed by atoms with Crippen molar-refractivity contribution < 1.29 is 9.21 Å². The number of para-hydroxylation sites is 1. The summed E-state index contributed by atoms with van der Waals surface area (Å²) in [7, 11) is 0. The van der Waals surface area contributed by atoms with Gasteiger partial charge in [0.15, 0.2) is 0 Å². The summed E-state index contributed by atoms with van der Waals surface area (Å²) in [4.78, 5) is 15.1. The minimum absolute atomic E-state index is 0.00697. The second-order valence-electron chi connectivity index (χ2n) is 7.17. The van der Waals surface area contributed by atoms with E-state index in [0.717, 1.165) is 47.5 Å². The SMILES string of the molecule is O=C(Nc1cccc(-n2cnnn2)c1)[C@H]1CCCN1Cc1cc2ccccc2o1. The standard InChI is InChI=1S/C21H20N6O2/c28-21(23-16-6-3-7-17(12-16)27-14-22-24-25-27)19-8-4-10-26(19)13-18-11-15-5-1-2-9-20(15)29-18/h1-3,5-7,9,11-12,14,19H,4,8,10,13H2,(H,23,28)/t19-/m1/s1. The van der Waals surface area contributed by atoms with E-state index in [4.69, 9.17) is 4.42 Å². The Morgan fingerprint density at radius 2 is 2.10 bits per heavy atom. The summed E-state index contributed by atoms with van der Waals surface area (Å²) < 4.78 is 7.49. The van der Waals surface area contributed by atoms with Gasteiger partial charge in [-0.3, -0.25) is 9.69 Å². The van der Waals surface area contributed by atoms with Gasteiger partial charge in [0, 0.05) is 11.1 Å². The molecule has 1 N–H and O–H groups in total. The molecule has 8 heteroatoms. The molecule has 1 aliphatic heterocycles. The summed E-state index contributed by atoms with van der Waals surface area (Å²) in [6.45, 7) is 1.50. The summed E-state index contributed by atoms with van der Waals surface area (Å²) in [6.07, 6.45) is 3.34. The number of hydrogen-bond donors (Lipinski definition) is 1. The summed E-state index contributed by atoms with van der Waals surface area (Å²) in [5.41, 5.74) is 2.39. The third kappa shape index (κ3) is 3.62. The van der Waals surface area contributed by atoms with Gasteiger partial charge >= 0.3 is 0 Å². The van der Waals surface area contributed by atoms with Gasteiger partial charge in [0.2, 0.25) is 5.91 Å². The predicted octanol–water partition coefficient (Wildman–Crippen LogP) is 3.01. The molecule has 0 bridgehead atoms. The molecular weight excluding hydrogens is 368 g/mol. The van der Waals surface area contributed by atoms with E-state index in [2.05, 4.69) is 31.8 Å². The van der Waals surface area contributed by atoms with Gasteiger partial charge in [-0.25, -0.2) is 4.68 Å². The number of furan rings is 1. The van der Waals surface area contributed by atoms with Gasteiger partial charge in [-0.2, -0.15) is 0 Å². The number of anilines is 1. The molecule has 0 unspecified atom stereocenters. The van der Waals surface area contributed by atoms with Crippen molar-refractivity contribution in [1.29, 1.82) is 0 Å². The normalized spacial score (nSPS) is 17.0. The van der Waals surface area contributed by atoms with Crippen LogP contribution >= 0.6 is 0 Å². The first-order valence-electron chi connectivity index (χ1n) is 9.62. The van der Waals surface area contributed by atoms with Gasteiger partial charge in [0.1, 0.15) is 17.7 Å². The number of amides is 1. The number of nitrogens with one attached hydrogen (secondary N) is 1. The number of aromatic nitrogens is 4.